The molecular weight excluding hydrogens is 372 g/mol. The van der Waals surface area contributed by atoms with E-state index < -0.39 is 34.6 Å². The summed E-state index contributed by atoms with van der Waals surface area (Å²) in [7, 11) is -3.98. The summed E-state index contributed by atoms with van der Waals surface area (Å²) in [5.41, 5.74) is 1.37. The molecule has 2 fully saturated rings. The minimum absolute atomic E-state index is 0.0423. The molecule has 0 spiro atoms. The Hall–Kier alpha value is -2.26. The molecule has 142 valence electrons. The molecule has 0 unspecified atom stereocenters. The van der Waals surface area contributed by atoms with Gasteiger partial charge in [0.05, 0.1) is 10.5 Å². The number of ether oxygens (including phenoxy) is 3. The molecule has 2 saturated heterocycles. The van der Waals surface area contributed by atoms with Crippen molar-refractivity contribution in [3.8, 4) is 0 Å². The van der Waals surface area contributed by atoms with Crippen LogP contribution in [0.5, 0.6) is 0 Å². The van der Waals surface area contributed by atoms with Gasteiger partial charge in [0, 0.05) is 0 Å². The smallest absolute Gasteiger partial charge is 0.338 e. The van der Waals surface area contributed by atoms with E-state index in [1.807, 2.05) is 6.92 Å². The van der Waals surface area contributed by atoms with Crippen molar-refractivity contribution in [3.63, 3.8) is 0 Å². The number of carbonyl (C=O) groups excluding carboxylic acids is 1. The molecule has 8 heteroatoms. The highest BCUT2D eigenvalue weighted by Crippen LogP contribution is 2.41. The van der Waals surface area contributed by atoms with Crippen molar-refractivity contribution < 1.29 is 31.6 Å². The van der Waals surface area contributed by atoms with Crippen molar-refractivity contribution >= 4 is 16.1 Å². The summed E-state index contributed by atoms with van der Waals surface area (Å²) in [5.74, 6) is -0.479. The Morgan fingerprint density at radius 3 is 2.41 bits per heavy atom. The Bertz CT molecular complexity index is 924. The summed E-state index contributed by atoms with van der Waals surface area (Å²) >= 11 is 0. The van der Waals surface area contributed by atoms with Gasteiger partial charge in [0.15, 0.2) is 0 Å². The van der Waals surface area contributed by atoms with E-state index in [-0.39, 0.29) is 17.6 Å². The van der Waals surface area contributed by atoms with Gasteiger partial charge in [-0.3, -0.25) is 0 Å². The summed E-state index contributed by atoms with van der Waals surface area (Å²) in [6.45, 7) is 1.82. The van der Waals surface area contributed by atoms with E-state index in [1.54, 1.807) is 42.5 Å². The number of benzene rings is 2. The second-order valence-electron chi connectivity index (χ2n) is 6.44. The van der Waals surface area contributed by atoms with Gasteiger partial charge in [-0.1, -0.05) is 35.9 Å². The Morgan fingerprint density at radius 1 is 1.00 bits per heavy atom. The lowest BCUT2D eigenvalue weighted by Crippen LogP contribution is -2.29. The van der Waals surface area contributed by atoms with E-state index in [9.17, 15) is 13.2 Å². The average molecular weight is 390 g/mol. The quantitative estimate of drug-likeness (QED) is 0.423. The van der Waals surface area contributed by atoms with Crippen LogP contribution in [0.15, 0.2) is 59.5 Å². The van der Waals surface area contributed by atoms with E-state index >= 15 is 0 Å². The zero-order chi connectivity index (χ0) is 19.0. The molecule has 0 N–H and O–H groups in total. The number of fused-ring (bicyclic) bond motifs is 1. The van der Waals surface area contributed by atoms with Gasteiger partial charge >= 0.3 is 5.97 Å². The van der Waals surface area contributed by atoms with Crippen LogP contribution in [0, 0.1) is 6.92 Å². The van der Waals surface area contributed by atoms with Crippen LogP contribution in [0.25, 0.3) is 0 Å². The van der Waals surface area contributed by atoms with Crippen LogP contribution in [0.1, 0.15) is 15.9 Å². The molecule has 0 radical (unpaired) electrons. The molecule has 0 aliphatic carbocycles. The maximum Gasteiger partial charge on any atom is 0.338 e. The topological polar surface area (TPSA) is 91.4 Å². The van der Waals surface area contributed by atoms with Crippen LogP contribution in [0.3, 0.4) is 0 Å². The summed E-state index contributed by atoms with van der Waals surface area (Å²) in [4.78, 5) is 12.0. The Morgan fingerprint density at radius 2 is 1.70 bits per heavy atom. The molecule has 2 aromatic carbocycles. The van der Waals surface area contributed by atoms with Crippen LogP contribution in [-0.2, 0) is 28.5 Å². The molecule has 0 amide bonds. The molecule has 2 aliphatic heterocycles. The first-order valence-corrected chi connectivity index (χ1v) is 9.88. The van der Waals surface area contributed by atoms with Gasteiger partial charge in [0.1, 0.15) is 24.9 Å². The summed E-state index contributed by atoms with van der Waals surface area (Å²) in [6.07, 6.45) is -2.44. The lowest BCUT2D eigenvalue weighted by atomic mass is 10.2. The van der Waals surface area contributed by atoms with Crippen molar-refractivity contribution in [1.29, 1.82) is 0 Å². The van der Waals surface area contributed by atoms with Crippen LogP contribution >= 0.6 is 0 Å². The maximum atomic E-state index is 12.4. The third kappa shape index (κ3) is 3.89. The molecule has 4 rings (SSSR count). The predicted molar refractivity (Wildman–Crippen MR) is 93.5 cm³/mol. The van der Waals surface area contributed by atoms with Gasteiger partial charge in [-0.15, -0.1) is 0 Å². The fraction of sp³-hybridized carbons (Fsp3) is 0.316. The Labute approximate surface area is 156 Å². The summed E-state index contributed by atoms with van der Waals surface area (Å²) in [5, 5.41) is 0. The third-order valence-corrected chi connectivity index (χ3v) is 5.72. The molecule has 27 heavy (non-hydrogen) atoms. The van der Waals surface area contributed by atoms with Crippen molar-refractivity contribution in [2.75, 3.05) is 6.61 Å². The van der Waals surface area contributed by atoms with Gasteiger partial charge in [-0.05, 0) is 31.2 Å². The summed E-state index contributed by atoms with van der Waals surface area (Å²) < 4.78 is 46.2. The van der Waals surface area contributed by atoms with Gasteiger partial charge in [0.2, 0.25) is 6.29 Å². The normalized spacial score (nSPS) is 26.4. The van der Waals surface area contributed by atoms with Crippen LogP contribution in [-0.4, -0.2) is 45.6 Å². The number of carbonyl (C=O) groups is 1. The minimum atomic E-state index is -3.98. The minimum Gasteiger partial charge on any atom is -0.459 e. The molecular formula is C19H18O7S. The Kier molecular flexibility index (Phi) is 4.73. The zero-order valence-electron chi connectivity index (χ0n) is 14.5. The van der Waals surface area contributed by atoms with E-state index in [0.29, 0.717) is 5.56 Å². The van der Waals surface area contributed by atoms with Gasteiger partial charge < -0.3 is 14.2 Å². The van der Waals surface area contributed by atoms with Gasteiger partial charge in [-0.2, -0.15) is 8.42 Å². The SMILES string of the molecule is Cc1ccc(S(=O)(=O)O[C@H]2O[C@H](COC(=O)c3ccccc3)[C@@H]3O[C@H]23)cc1. The largest absolute Gasteiger partial charge is 0.459 e. The van der Waals surface area contributed by atoms with Crippen LogP contribution in [0.4, 0.5) is 0 Å². The van der Waals surface area contributed by atoms with Crippen molar-refractivity contribution in [1.82, 2.24) is 0 Å². The van der Waals surface area contributed by atoms with Crippen LogP contribution < -0.4 is 0 Å². The zero-order valence-corrected chi connectivity index (χ0v) is 15.3. The number of epoxide rings is 1. The van der Waals surface area contributed by atoms with E-state index in [2.05, 4.69) is 0 Å². The fourth-order valence-electron chi connectivity index (χ4n) is 2.89. The number of hydrogen-bond acceptors (Lipinski definition) is 7. The van der Waals surface area contributed by atoms with Gasteiger partial charge in [-0.25, -0.2) is 8.98 Å². The molecule has 2 aliphatic rings. The standard InChI is InChI=1S/C19H18O7S/c1-12-7-9-14(10-8-12)27(21,22)26-19-17-16(25-17)15(24-19)11-23-18(20)13-5-3-2-4-6-13/h2-10,15-17,19H,11H2,1H3/t15-,16+,17+,19-/m1/s1. The first-order valence-electron chi connectivity index (χ1n) is 8.47. The van der Waals surface area contributed by atoms with Crippen molar-refractivity contribution in [2.45, 2.75) is 36.4 Å². The lowest BCUT2D eigenvalue weighted by molar-refractivity contribution is -0.134. The first-order chi connectivity index (χ1) is 12.9. The molecule has 2 aromatic rings. The first kappa shape index (κ1) is 18.1. The van der Waals surface area contributed by atoms with Gasteiger partial charge in [0.25, 0.3) is 10.1 Å². The van der Waals surface area contributed by atoms with E-state index in [1.165, 1.54) is 12.1 Å². The highest BCUT2D eigenvalue weighted by atomic mass is 32.2. The fourth-order valence-corrected chi connectivity index (χ4v) is 3.88. The Balaban J connectivity index is 1.35. The molecule has 0 aromatic heterocycles. The number of rotatable bonds is 6. The molecule has 4 atom stereocenters. The monoisotopic (exact) mass is 390 g/mol. The van der Waals surface area contributed by atoms with Crippen molar-refractivity contribution in [3.05, 3.63) is 65.7 Å². The van der Waals surface area contributed by atoms with E-state index in [4.69, 9.17) is 18.4 Å². The third-order valence-electron chi connectivity index (χ3n) is 4.42. The second kappa shape index (κ2) is 7.05. The number of hydrogen-bond donors (Lipinski definition) is 0. The molecule has 2 heterocycles. The molecule has 0 saturated carbocycles. The molecule has 7 nitrogen and oxygen atoms in total. The second-order valence-corrected chi connectivity index (χ2v) is 8.01. The van der Waals surface area contributed by atoms with Crippen LogP contribution in [0.2, 0.25) is 0 Å². The van der Waals surface area contributed by atoms with E-state index in [0.717, 1.165) is 5.56 Å². The highest BCUT2D eigenvalue weighted by Gasteiger charge is 2.60. The summed E-state index contributed by atoms with van der Waals surface area (Å²) in [6, 6.07) is 14.9. The predicted octanol–water partition coefficient (Wildman–Crippen LogP) is 2.05. The molecule has 0 bridgehead atoms. The number of esters is 1. The van der Waals surface area contributed by atoms with Crippen molar-refractivity contribution in [2.24, 2.45) is 0 Å². The highest BCUT2D eigenvalue weighted by molar-refractivity contribution is 7.86. The average Bonchev–Trinajstić information content (AvgIpc) is 3.39. The lowest BCUT2D eigenvalue weighted by Gasteiger charge is -2.17. The maximum absolute atomic E-state index is 12.4. The number of aryl methyl sites for hydroxylation is 1.